The number of hydrogen-bond acceptors (Lipinski definition) is 5. The number of hydrogen-bond donors (Lipinski definition) is 2. The van der Waals surface area contributed by atoms with E-state index in [1.165, 1.54) is 7.05 Å². The number of furan rings is 1. The van der Waals surface area contributed by atoms with E-state index in [0.29, 0.717) is 5.71 Å². The minimum Gasteiger partial charge on any atom is -0.446 e. The number of benzene rings is 1. The molecule has 154 valence electrons. The number of nitrogens with one attached hydrogen (secondary N) is 2. The van der Waals surface area contributed by atoms with Crippen molar-refractivity contribution in [1.82, 2.24) is 20.3 Å². The number of nitrogens with zero attached hydrogens (tertiary/aromatic N) is 3. The molecule has 0 aliphatic carbocycles. The molecule has 1 amide bonds. The molecule has 0 saturated heterocycles. The number of carbonyl (C=O) groups excluding carboxylic acids is 1. The number of aromatic nitrogens is 3. The van der Waals surface area contributed by atoms with Crippen LogP contribution in [0.25, 0.3) is 50.5 Å². The van der Waals surface area contributed by atoms with Crippen LogP contribution in [0.4, 0.5) is 0 Å². The van der Waals surface area contributed by atoms with E-state index in [4.69, 9.17) is 4.42 Å². The number of nitriles is 1. The molecule has 0 aliphatic rings. The Morgan fingerprint density at radius 3 is 2.88 bits per heavy atom. The highest BCUT2D eigenvalue weighted by Crippen LogP contribution is 2.35. The second kappa shape index (κ2) is 7.85. The lowest BCUT2D eigenvalue weighted by molar-refractivity contribution is -0.116. The first-order valence-corrected chi connectivity index (χ1v) is 9.92. The Hall–Kier alpha value is -4.70. The van der Waals surface area contributed by atoms with Gasteiger partial charge in [0.15, 0.2) is 0 Å². The van der Waals surface area contributed by atoms with E-state index in [0.717, 1.165) is 44.2 Å². The zero-order valence-electron chi connectivity index (χ0n) is 17.1. The smallest absolute Gasteiger partial charge is 0.261 e. The van der Waals surface area contributed by atoms with E-state index in [1.54, 1.807) is 24.7 Å². The van der Waals surface area contributed by atoms with Crippen LogP contribution in [-0.4, -0.2) is 27.9 Å². The van der Waals surface area contributed by atoms with Gasteiger partial charge in [0.2, 0.25) is 5.71 Å². The number of fused-ring (bicyclic) bond motifs is 2. The minimum absolute atomic E-state index is 0.0490. The van der Waals surface area contributed by atoms with Gasteiger partial charge in [0.25, 0.3) is 5.91 Å². The summed E-state index contributed by atoms with van der Waals surface area (Å²) in [6.45, 7) is 0. The maximum atomic E-state index is 11.8. The lowest BCUT2D eigenvalue weighted by Crippen LogP contribution is -2.19. The largest absolute Gasteiger partial charge is 0.446 e. The van der Waals surface area contributed by atoms with Crippen molar-refractivity contribution in [2.45, 2.75) is 0 Å². The van der Waals surface area contributed by atoms with Gasteiger partial charge in [-0.25, -0.2) is 9.97 Å². The molecular formula is C25H17N5O2. The first kappa shape index (κ1) is 19.3. The average Bonchev–Trinajstić information content (AvgIpc) is 3.48. The van der Waals surface area contributed by atoms with Crippen molar-refractivity contribution in [2.75, 3.05) is 7.05 Å². The van der Waals surface area contributed by atoms with Gasteiger partial charge in [-0.15, -0.1) is 0 Å². The summed E-state index contributed by atoms with van der Waals surface area (Å²) < 4.78 is 5.45. The van der Waals surface area contributed by atoms with E-state index in [9.17, 15) is 10.1 Å². The normalized spacial score (nSPS) is 11.6. The number of likely N-dealkylation sites (N-methyl/N-ethyl adjacent to an activating group) is 1. The molecule has 32 heavy (non-hydrogen) atoms. The van der Waals surface area contributed by atoms with Gasteiger partial charge in [-0.3, -0.25) is 4.79 Å². The number of pyridine rings is 2. The standard InChI is InChI=1S/C25H17N5O2/c1-27-24(31)17(12-26)10-15-3-2-4-16(9-15)18-11-21-22(14-30-23(21)29-13-18)19-5-7-28-25-20(19)6-8-32-25/h2-11,13-14H,1H3,(H,27,31)(H,29,30)/b17-10+. The van der Waals surface area contributed by atoms with Crippen LogP contribution in [0.1, 0.15) is 5.56 Å². The Labute approximate surface area is 183 Å². The highest BCUT2D eigenvalue weighted by atomic mass is 16.3. The molecule has 0 aliphatic heterocycles. The van der Waals surface area contributed by atoms with Crippen molar-refractivity contribution in [3.63, 3.8) is 0 Å². The molecular weight excluding hydrogens is 402 g/mol. The molecule has 4 heterocycles. The Morgan fingerprint density at radius 1 is 1.12 bits per heavy atom. The molecule has 0 bridgehead atoms. The minimum atomic E-state index is -0.416. The summed E-state index contributed by atoms with van der Waals surface area (Å²) in [6.07, 6.45) is 8.67. The van der Waals surface area contributed by atoms with Crippen molar-refractivity contribution in [3.8, 4) is 28.3 Å². The summed E-state index contributed by atoms with van der Waals surface area (Å²) >= 11 is 0. The van der Waals surface area contributed by atoms with Crippen molar-refractivity contribution >= 4 is 34.1 Å². The summed E-state index contributed by atoms with van der Waals surface area (Å²) in [6, 6.07) is 15.5. The van der Waals surface area contributed by atoms with Crippen LogP contribution in [0.2, 0.25) is 0 Å². The fourth-order valence-electron chi connectivity index (χ4n) is 3.75. The molecule has 0 atom stereocenters. The van der Waals surface area contributed by atoms with Gasteiger partial charge in [-0.05, 0) is 47.0 Å². The Morgan fingerprint density at radius 2 is 2.03 bits per heavy atom. The van der Waals surface area contributed by atoms with Gasteiger partial charge >= 0.3 is 0 Å². The maximum absolute atomic E-state index is 11.8. The van der Waals surface area contributed by atoms with E-state index >= 15 is 0 Å². The van der Waals surface area contributed by atoms with Gasteiger partial charge < -0.3 is 14.7 Å². The molecule has 0 radical (unpaired) electrons. The quantitative estimate of drug-likeness (QED) is 0.325. The van der Waals surface area contributed by atoms with E-state index in [-0.39, 0.29) is 5.57 Å². The van der Waals surface area contributed by atoms with Gasteiger partial charge in [0, 0.05) is 47.5 Å². The van der Waals surface area contributed by atoms with Crippen LogP contribution in [-0.2, 0) is 4.79 Å². The van der Waals surface area contributed by atoms with Crippen molar-refractivity contribution in [2.24, 2.45) is 0 Å². The van der Waals surface area contributed by atoms with Gasteiger partial charge in [-0.2, -0.15) is 5.26 Å². The first-order valence-electron chi connectivity index (χ1n) is 9.92. The van der Waals surface area contributed by atoms with E-state index in [1.807, 2.05) is 48.7 Å². The summed E-state index contributed by atoms with van der Waals surface area (Å²) in [7, 11) is 1.50. The highest BCUT2D eigenvalue weighted by Gasteiger charge is 2.13. The zero-order valence-corrected chi connectivity index (χ0v) is 17.1. The van der Waals surface area contributed by atoms with E-state index in [2.05, 4.69) is 26.3 Å². The van der Waals surface area contributed by atoms with E-state index < -0.39 is 5.91 Å². The monoisotopic (exact) mass is 419 g/mol. The molecule has 4 aromatic heterocycles. The van der Waals surface area contributed by atoms with Crippen LogP contribution in [0.15, 0.2) is 77.3 Å². The Bertz CT molecular complexity index is 1550. The molecule has 2 N–H and O–H groups in total. The predicted octanol–water partition coefficient (Wildman–Crippen LogP) is 4.69. The Kier molecular flexibility index (Phi) is 4.73. The summed E-state index contributed by atoms with van der Waals surface area (Å²) in [5.74, 6) is -0.416. The average molecular weight is 419 g/mol. The molecule has 5 rings (SSSR count). The molecule has 0 saturated carbocycles. The van der Waals surface area contributed by atoms with Gasteiger partial charge in [-0.1, -0.05) is 18.2 Å². The van der Waals surface area contributed by atoms with Crippen molar-refractivity contribution < 1.29 is 9.21 Å². The topological polar surface area (TPSA) is 108 Å². The SMILES string of the molecule is CNC(=O)/C(C#N)=C/c1cccc(-c2cnc3[nH]cc(-c4ccnc5occc45)c3c2)c1. The Balaban J connectivity index is 1.60. The second-order valence-corrected chi connectivity index (χ2v) is 7.19. The van der Waals surface area contributed by atoms with Gasteiger partial charge in [0.1, 0.15) is 17.3 Å². The van der Waals surface area contributed by atoms with Crippen molar-refractivity contribution in [3.05, 3.63) is 78.5 Å². The van der Waals surface area contributed by atoms with Gasteiger partial charge in [0.05, 0.1) is 6.26 Å². The van der Waals surface area contributed by atoms with Crippen LogP contribution < -0.4 is 5.32 Å². The number of aromatic amines is 1. The summed E-state index contributed by atoms with van der Waals surface area (Å²) in [5.41, 5.74) is 6.03. The van der Waals surface area contributed by atoms with Crippen LogP contribution >= 0.6 is 0 Å². The summed E-state index contributed by atoms with van der Waals surface area (Å²) in [5, 5.41) is 13.6. The molecule has 7 heteroatoms. The third-order valence-corrected chi connectivity index (χ3v) is 5.31. The van der Waals surface area contributed by atoms with Crippen molar-refractivity contribution in [1.29, 1.82) is 5.26 Å². The number of carbonyl (C=O) groups is 1. The predicted molar refractivity (Wildman–Crippen MR) is 122 cm³/mol. The number of amides is 1. The third-order valence-electron chi connectivity index (χ3n) is 5.31. The second-order valence-electron chi connectivity index (χ2n) is 7.19. The zero-order chi connectivity index (χ0) is 22.1. The molecule has 0 spiro atoms. The number of rotatable bonds is 4. The third kappa shape index (κ3) is 3.30. The molecule has 7 nitrogen and oxygen atoms in total. The van der Waals surface area contributed by atoms with Crippen LogP contribution in [0.5, 0.6) is 0 Å². The summed E-state index contributed by atoms with van der Waals surface area (Å²) in [4.78, 5) is 23.9. The molecule has 0 unspecified atom stereocenters. The van der Waals surface area contributed by atoms with Crippen LogP contribution in [0.3, 0.4) is 0 Å². The fraction of sp³-hybridized carbons (Fsp3) is 0.0400. The maximum Gasteiger partial charge on any atom is 0.261 e. The van der Waals surface area contributed by atoms with Crippen LogP contribution in [0, 0.1) is 11.3 Å². The first-order chi connectivity index (χ1) is 15.7. The molecule has 5 aromatic rings. The number of H-pyrrole nitrogens is 1. The fourth-order valence-corrected chi connectivity index (χ4v) is 3.75. The lowest BCUT2D eigenvalue weighted by Gasteiger charge is -2.06. The highest BCUT2D eigenvalue weighted by molar-refractivity contribution is 6.03. The lowest BCUT2D eigenvalue weighted by atomic mass is 10.00. The molecule has 1 aromatic carbocycles. The molecule has 0 fully saturated rings.